The van der Waals surface area contributed by atoms with E-state index >= 15 is 0 Å². The van der Waals surface area contributed by atoms with E-state index in [1.165, 1.54) is 0 Å². The minimum atomic E-state index is -0.688. The molecule has 0 amide bonds. The van der Waals surface area contributed by atoms with Crippen LogP contribution in [-0.2, 0) is 4.79 Å². The number of piperidine rings is 1. The van der Waals surface area contributed by atoms with Crippen LogP contribution in [0.2, 0.25) is 0 Å². The highest BCUT2D eigenvalue weighted by atomic mass is 16.4. The lowest BCUT2D eigenvalue weighted by Crippen LogP contribution is -2.38. The molecular formula is C10H15N3O2. The van der Waals surface area contributed by atoms with Crippen molar-refractivity contribution in [2.45, 2.75) is 18.9 Å². The van der Waals surface area contributed by atoms with Crippen molar-refractivity contribution in [3.05, 3.63) is 18.0 Å². The zero-order chi connectivity index (χ0) is 10.8. The van der Waals surface area contributed by atoms with Gasteiger partial charge >= 0.3 is 5.97 Å². The third-order valence-corrected chi connectivity index (χ3v) is 3.08. The van der Waals surface area contributed by atoms with E-state index in [1.54, 1.807) is 0 Å². The zero-order valence-electron chi connectivity index (χ0n) is 8.68. The topological polar surface area (TPSA) is 69.2 Å². The minimum absolute atomic E-state index is 0.224. The number of aliphatic carboxylic acids is 1. The maximum absolute atomic E-state index is 10.8. The molecular weight excluding hydrogens is 194 g/mol. The molecule has 1 aromatic heterocycles. The van der Waals surface area contributed by atoms with Gasteiger partial charge < -0.3 is 5.11 Å². The second-order valence-electron chi connectivity index (χ2n) is 4.10. The number of aromatic nitrogens is 2. The van der Waals surface area contributed by atoms with Crippen LogP contribution in [0.5, 0.6) is 0 Å². The molecule has 5 heteroatoms. The number of carboxylic acid groups (broad SMARTS) is 1. The highest BCUT2D eigenvalue weighted by molar-refractivity contribution is 5.70. The maximum atomic E-state index is 10.8. The Morgan fingerprint density at radius 2 is 2.47 bits per heavy atom. The molecule has 1 aromatic rings. The Labute approximate surface area is 88.1 Å². The van der Waals surface area contributed by atoms with E-state index in [2.05, 4.69) is 15.1 Å². The number of nitrogens with zero attached hydrogens (tertiary/aromatic N) is 2. The summed E-state index contributed by atoms with van der Waals surface area (Å²) in [5.74, 6) is -0.911. The molecule has 0 bridgehead atoms. The van der Waals surface area contributed by atoms with E-state index in [9.17, 15) is 4.79 Å². The summed E-state index contributed by atoms with van der Waals surface area (Å²) in [6.45, 7) is 0.616. The summed E-state index contributed by atoms with van der Waals surface area (Å²) in [5.41, 5.74) is 1.14. The van der Waals surface area contributed by atoms with Crippen molar-refractivity contribution < 1.29 is 9.90 Å². The normalized spacial score (nSPS) is 27.8. The van der Waals surface area contributed by atoms with Crippen molar-refractivity contribution in [1.82, 2.24) is 15.1 Å². The van der Waals surface area contributed by atoms with E-state index in [4.69, 9.17) is 5.11 Å². The number of hydrogen-bond acceptors (Lipinski definition) is 3. The van der Waals surface area contributed by atoms with Crippen molar-refractivity contribution in [3.8, 4) is 0 Å². The van der Waals surface area contributed by atoms with Crippen LogP contribution in [0.25, 0.3) is 0 Å². The Morgan fingerprint density at radius 1 is 1.67 bits per heavy atom. The van der Waals surface area contributed by atoms with Gasteiger partial charge in [0.05, 0.1) is 12.1 Å². The van der Waals surface area contributed by atoms with Crippen molar-refractivity contribution in [3.63, 3.8) is 0 Å². The van der Waals surface area contributed by atoms with Gasteiger partial charge in [-0.25, -0.2) is 0 Å². The lowest BCUT2D eigenvalue weighted by Gasteiger charge is -2.35. The Kier molecular flexibility index (Phi) is 2.73. The van der Waals surface area contributed by atoms with Gasteiger partial charge in [-0.05, 0) is 19.9 Å². The average Bonchev–Trinajstić information content (AvgIpc) is 2.70. The number of aromatic amines is 1. The number of carbonyl (C=O) groups is 1. The van der Waals surface area contributed by atoms with Crippen molar-refractivity contribution in [2.75, 3.05) is 13.6 Å². The smallest absolute Gasteiger partial charge is 0.307 e. The van der Waals surface area contributed by atoms with Gasteiger partial charge in [0.2, 0.25) is 0 Å². The van der Waals surface area contributed by atoms with E-state index in [0.717, 1.165) is 18.4 Å². The molecule has 2 N–H and O–H groups in total. The van der Waals surface area contributed by atoms with Gasteiger partial charge in [-0.3, -0.25) is 14.8 Å². The molecule has 2 heterocycles. The van der Waals surface area contributed by atoms with Crippen molar-refractivity contribution in [1.29, 1.82) is 0 Å². The van der Waals surface area contributed by atoms with Crippen LogP contribution in [0, 0.1) is 5.92 Å². The third-order valence-electron chi connectivity index (χ3n) is 3.08. The molecule has 82 valence electrons. The maximum Gasteiger partial charge on any atom is 0.307 e. The minimum Gasteiger partial charge on any atom is -0.481 e. The summed E-state index contributed by atoms with van der Waals surface area (Å²) in [4.78, 5) is 12.9. The lowest BCUT2D eigenvalue weighted by molar-refractivity contribution is -0.144. The molecule has 0 aliphatic carbocycles. The fourth-order valence-corrected chi connectivity index (χ4v) is 2.21. The molecule has 0 radical (unpaired) electrons. The summed E-state index contributed by atoms with van der Waals surface area (Å²) >= 11 is 0. The van der Waals surface area contributed by atoms with Gasteiger partial charge in [0, 0.05) is 24.3 Å². The Morgan fingerprint density at radius 3 is 3.00 bits per heavy atom. The monoisotopic (exact) mass is 209 g/mol. The second kappa shape index (κ2) is 4.02. The summed E-state index contributed by atoms with van der Waals surface area (Å²) in [6.07, 6.45) is 5.31. The highest BCUT2D eigenvalue weighted by Crippen LogP contribution is 2.31. The second-order valence-corrected chi connectivity index (χ2v) is 4.10. The molecule has 2 atom stereocenters. The molecule has 1 fully saturated rings. The molecule has 1 aliphatic rings. The Balaban J connectivity index is 2.04. The first-order chi connectivity index (χ1) is 7.18. The van der Waals surface area contributed by atoms with Crippen LogP contribution in [0.3, 0.4) is 0 Å². The Bertz CT molecular complexity index is 336. The lowest BCUT2D eigenvalue weighted by atomic mass is 9.91. The summed E-state index contributed by atoms with van der Waals surface area (Å²) in [5, 5.41) is 15.6. The van der Waals surface area contributed by atoms with E-state index in [0.29, 0.717) is 12.6 Å². The molecule has 15 heavy (non-hydrogen) atoms. The summed E-state index contributed by atoms with van der Waals surface area (Å²) < 4.78 is 0. The standard InChI is InChI=1S/C10H15N3O2/c1-13-6-7(10(14)15)2-3-9(13)8-4-11-12-5-8/h4-5,7,9H,2-3,6H2,1H3,(H,11,12)(H,14,15). The predicted molar refractivity (Wildman–Crippen MR) is 54.3 cm³/mol. The first kappa shape index (κ1) is 10.2. The quantitative estimate of drug-likeness (QED) is 0.758. The summed E-state index contributed by atoms with van der Waals surface area (Å²) in [6, 6.07) is 0.305. The number of nitrogens with one attached hydrogen (secondary N) is 1. The molecule has 0 aromatic carbocycles. The van der Waals surface area contributed by atoms with Gasteiger partial charge in [-0.1, -0.05) is 0 Å². The number of rotatable bonds is 2. The van der Waals surface area contributed by atoms with Crippen LogP contribution in [0.15, 0.2) is 12.4 Å². The molecule has 0 saturated carbocycles. The molecule has 1 aliphatic heterocycles. The van der Waals surface area contributed by atoms with Gasteiger partial charge in [-0.2, -0.15) is 5.10 Å². The first-order valence-electron chi connectivity index (χ1n) is 5.10. The Hall–Kier alpha value is -1.36. The van der Waals surface area contributed by atoms with E-state index in [1.807, 2.05) is 19.4 Å². The van der Waals surface area contributed by atoms with Crippen LogP contribution in [-0.4, -0.2) is 39.8 Å². The average molecular weight is 209 g/mol. The van der Waals surface area contributed by atoms with Crippen LogP contribution in [0.4, 0.5) is 0 Å². The predicted octanol–water partition coefficient (Wildman–Crippen LogP) is 0.877. The molecule has 0 spiro atoms. The summed E-state index contributed by atoms with van der Waals surface area (Å²) in [7, 11) is 1.97. The molecule has 2 rings (SSSR count). The SMILES string of the molecule is CN1CC(C(=O)O)CCC1c1cn[nH]c1. The van der Waals surface area contributed by atoms with Crippen LogP contribution < -0.4 is 0 Å². The van der Waals surface area contributed by atoms with E-state index < -0.39 is 5.97 Å². The number of hydrogen-bond donors (Lipinski definition) is 2. The fourth-order valence-electron chi connectivity index (χ4n) is 2.21. The molecule has 5 nitrogen and oxygen atoms in total. The molecule has 1 saturated heterocycles. The zero-order valence-corrected chi connectivity index (χ0v) is 8.68. The molecule has 2 unspecified atom stereocenters. The van der Waals surface area contributed by atoms with Crippen molar-refractivity contribution in [2.24, 2.45) is 5.92 Å². The van der Waals surface area contributed by atoms with Gasteiger partial charge in [-0.15, -0.1) is 0 Å². The number of likely N-dealkylation sites (tertiary alicyclic amines) is 1. The highest BCUT2D eigenvalue weighted by Gasteiger charge is 2.30. The fraction of sp³-hybridized carbons (Fsp3) is 0.600. The van der Waals surface area contributed by atoms with Crippen molar-refractivity contribution >= 4 is 5.97 Å². The largest absolute Gasteiger partial charge is 0.481 e. The number of carboxylic acids is 1. The first-order valence-corrected chi connectivity index (χ1v) is 5.10. The van der Waals surface area contributed by atoms with Gasteiger partial charge in [0.1, 0.15) is 0 Å². The van der Waals surface area contributed by atoms with Crippen LogP contribution >= 0.6 is 0 Å². The third kappa shape index (κ3) is 2.02. The van der Waals surface area contributed by atoms with E-state index in [-0.39, 0.29) is 5.92 Å². The van der Waals surface area contributed by atoms with Gasteiger partial charge in [0.15, 0.2) is 0 Å². The van der Waals surface area contributed by atoms with Gasteiger partial charge in [0.25, 0.3) is 0 Å². The van der Waals surface area contributed by atoms with Crippen LogP contribution in [0.1, 0.15) is 24.4 Å². The number of H-pyrrole nitrogens is 1.